The van der Waals surface area contributed by atoms with E-state index < -0.39 is 17.8 Å². The van der Waals surface area contributed by atoms with E-state index in [1.54, 1.807) is 39.1 Å². The molecule has 0 spiro atoms. The van der Waals surface area contributed by atoms with Crippen molar-refractivity contribution in [2.45, 2.75) is 32.9 Å². The van der Waals surface area contributed by atoms with Crippen molar-refractivity contribution in [2.24, 2.45) is 0 Å². The summed E-state index contributed by atoms with van der Waals surface area (Å²) in [6.07, 6.45) is -0.543. The fourth-order valence-corrected chi connectivity index (χ4v) is 3.98. The maximum atomic E-state index is 12.7. The molecule has 0 fully saturated rings. The third-order valence-corrected chi connectivity index (χ3v) is 5.39. The molecule has 170 valence electrons. The molecule has 3 heterocycles. The molecule has 2 N–H and O–H groups in total. The first kappa shape index (κ1) is 22.3. The summed E-state index contributed by atoms with van der Waals surface area (Å²) in [7, 11) is 0. The number of hydrazine groups is 1. The van der Waals surface area contributed by atoms with Crippen molar-refractivity contribution in [1.29, 1.82) is 0 Å². The monoisotopic (exact) mass is 465 g/mol. The predicted molar refractivity (Wildman–Crippen MR) is 126 cm³/mol. The van der Waals surface area contributed by atoms with Gasteiger partial charge < -0.3 is 14.4 Å². The van der Waals surface area contributed by atoms with Gasteiger partial charge in [0.15, 0.2) is 5.82 Å². The van der Waals surface area contributed by atoms with E-state index >= 15 is 0 Å². The fraction of sp³-hybridized carbons (Fsp3) is 0.217. The number of fused-ring (bicyclic) bond motifs is 1. The quantitative estimate of drug-likeness (QED) is 0.404. The average molecular weight is 466 g/mol. The van der Waals surface area contributed by atoms with E-state index in [1.165, 1.54) is 11.3 Å². The average Bonchev–Trinajstić information content (AvgIpc) is 3.39. The number of benzene rings is 1. The van der Waals surface area contributed by atoms with Crippen LogP contribution in [0, 0.1) is 0 Å². The number of nitrogens with one attached hydrogen (secondary N) is 1. The molecule has 0 saturated heterocycles. The van der Waals surface area contributed by atoms with E-state index in [-0.39, 0.29) is 5.82 Å². The Balaban J connectivity index is 1.79. The van der Waals surface area contributed by atoms with Crippen molar-refractivity contribution in [2.75, 3.05) is 5.01 Å². The van der Waals surface area contributed by atoms with E-state index in [0.717, 1.165) is 26.8 Å². The molecule has 0 aliphatic heterocycles. The maximum absolute atomic E-state index is 12.7. The SMILES string of the molecule is CC(C)(C)OC(=O)N(NC(=O)O)c1ccc2c(cc(-c3nccs3)n2Cc2ccccc2)n1. The second kappa shape index (κ2) is 8.91. The molecule has 33 heavy (non-hydrogen) atoms. The van der Waals surface area contributed by atoms with Crippen LogP contribution in [0.25, 0.3) is 21.7 Å². The van der Waals surface area contributed by atoms with Crippen molar-refractivity contribution in [1.82, 2.24) is 20.0 Å². The molecule has 0 atom stereocenters. The second-order valence-electron chi connectivity index (χ2n) is 8.25. The number of carbonyl (C=O) groups is 2. The zero-order valence-corrected chi connectivity index (χ0v) is 19.2. The molecule has 0 unspecified atom stereocenters. The number of carboxylic acid groups (broad SMARTS) is 1. The largest absolute Gasteiger partial charge is 0.464 e. The van der Waals surface area contributed by atoms with Crippen molar-refractivity contribution < 1.29 is 19.4 Å². The lowest BCUT2D eigenvalue weighted by atomic mass is 10.2. The summed E-state index contributed by atoms with van der Waals surface area (Å²) in [6, 6.07) is 15.3. The van der Waals surface area contributed by atoms with Gasteiger partial charge in [-0.2, -0.15) is 5.01 Å². The number of thiazole rings is 1. The third kappa shape index (κ3) is 5.12. The molecule has 0 aliphatic carbocycles. The minimum Gasteiger partial charge on any atom is -0.464 e. The van der Waals surface area contributed by atoms with Gasteiger partial charge in [-0.05, 0) is 44.5 Å². The number of amides is 2. The lowest BCUT2D eigenvalue weighted by molar-refractivity contribution is 0.0557. The molecule has 4 rings (SSSR count). The van der Waals surface area contributed by atoms with Gasteiger partial charge in [0, 0.05) is 18.1 Å². The van der Waals surface area contributed by atoms with E-state index in [0.29, 0.717) is 12.1 Å². The maximum Gasteiger partial charge on any atom is 0.435 e. The second-order valence-corrected chi connectivity index (χ2v) is 9.14. The highest BCUT2D eigenvalue weighted by molar-refractivity contribution is 7.13. The van der Waals surface area contributed by atoms with E-state index in [4.69, 9.17) is 4.74 Å². The summed E-state index contributed by atoms with van der Waals surface area (Å²) in [6.45, 7) is 5.70. The summed E-state index contributed by atoms with van der Waals surface area (Å²) in [5.74, 6) is 0.0988. The molecular weight excluding hydrogens is 442 g/mol. The van der Waals surface area contributed by atoms with Gasteiger partial charge in [0.25, 0.3) is 0 Å². The van der Waals surface area contributed by atoms with Crippen LogP contribution in [0.1, 0.15) is 26.3 Å². The molecule has 3 aromatic heterocycles. The normalized spacial score (nSPS) is 11.4. The predicted octanol–water partition coefficient (Wildman–Crippen LogP) is 5.13. The molecule has 0 saturated carbocycles. The number of rotatable bonds is 4. The first-order valence-corrected chi connectivity index (χ1v) is 11.1. The number of nitrogens with zero attached hydrogens (tertiary/aromatic N) is 4. The van der Waals surface area contributed by atoms with Gasteiger partial charge in [-0.25, -0.2) is 25.0 Å². The number of hydrogen-bond acceptors (Lipinski definition) is 6. The number of aromatic nitrogens is 3. The van der Waals surface area contributed by atoms with Crippen LogP contribution in [0.5, 0.6) is 0 Å². The first-order valence-electron chi connectivity index (χ1n) is 10.2. The number of carbonyl (C=O) groups excluding carboxylic acids is 1. The molecule has 0 radical (unpaired) electrons. The molecule has 10 heteroatoms. The Labute approximate surface area is 194 Å². The van der Waals surface area contributed by atoms with E-state index in [1.807, 2.05) is 41.8 Å². The molecular formula is C23H23N5O4S. The van der Waals surface area contributed by atoms with Gasteiger partial charge in [0.1, 0.15) is 10.6 Å². The van der Waals surface area contributed by atoms with Crippen LogP contribution in [0.15, 0.2) is 60.1 Å². The van der Waals surface area contributed by atoms with Crippen LogP contribution in [-0.4, -0.2) is 37.4 Å². The Morgan fingerprint density at radius 1 is 1.18 bits per heavy atom. The molecule has 9 nitrogen and oxygen atoms in total. The Morgan fingerprint density at radius 2 is 1.94 bits per heavy atom. The topological polar surface area (TPSA) is 110 Å². The van der Waals surface area contributed by atoms with E-state index in [2.05, 4.69) is 20.0 Å². The zero-order chi connectivity index (χ0) is 23.6. The molecule has 4 aromatic rings. The first-order chi connectivity index (χ1) is 15.7. The number of ether oxygens (including phenoxy) is 1. The highest BCUT2D eigenvalue weighted by Crippen LogP contribution is 2.31. The van der Waals surface area contributed by atoms with Gasteiger partial charge in [-0.1, -0.05) is 30.3 Å². The van der Waals surface area contributed by atoms with Crippen LogP contribution in [0.3, 0.4) is 0 Å². The number of pyridine rings is 1. The molecule has 0 bridgehead atoms. The summed E-state index contributed by atoms with van der Waals surface area (Å²) < 4.78 is 7.44. The van der Waals surface area contributed by atoms with Gasteiger partial charge in [-0.3, -0.25) is 0 Å². The van der Waals surface area contributed by atoms with Crippen LogP contribution < -0.4 is 10.4 Å². The highest BCUT2D eigenvalue weighted by Gasteiger charge is 2.27. The van der Waals surface area contributed by atoms with Crippen molar-refractivity contribution >= 4 is 40.4 Å². The minimum atomic E-state index is -1.41. The number of hydrogen-bond donors (Lipinski definition) is 2. The number of anilines is 1. The summed E-state index contributed by atoms with van der Waals surface area (Å²) in [5.41, 5.74) is 4.67. The molecule has 1 aromatic carbocycles. The van der Waals surface area contributed by atoms with Gasteiger partial charge in [-0.15, -0.1) is 11.3 Å². The van der Waals surface area contributed by atoms with Crippen molar-refractivity contribution in [3.63, 3.8) is 0 Å². The standard InChI is InChI=1S/C23H23N5O4S/c1-23(2,3)32-22(31)28(26-21(29)30)19-10-9-17-16(25-19)13-18(20-24-11-12-33-20)27(17)14-15-7-5-4-6-8-15/h4-13,26H,14H2,1-3H3,(H,29,30). The Kier molecular flexibility index (Phi) is 6.01. The third-order valence-electron chi connectivity index (χ3n) is 4.59. The zero-order valence-electron chi connectivity index (χ0n) is 18.3. The summed E-state index contributed by atoms with van der Waals surface area (Å²) in [4.78, 5) is 33.0. The fourth-order valence-electron chi connectivity index (χ4n) is 3.32. The van der Waals surface area contributed by atoms with Gasteiger partial charge in [0.2, 0.25) is 0 Å². The Morgan fingerprint density at radius 3 is 2.58 bits per heavy atom. The lowest BCUT2D eigenvalue weighted by Gasteiger charge is -2.26. The van der Waals surface area contributed by atoms with Crippen LogP contribution in [0.2, 0.25) is 0 Å². The lowest BCUT2D eigenvalue weighted by Crippen LogP contribution is -2.48. The smallest absolute Gasteiger partial charge is 0.435 e. The summed E-state index contributed by atoms with van der Waals surface area (Å²) in [5, 5.41) is 12.8. The Hall–Kier alpha value is -3.92. The van der Waals surface area contributed by atoms with Gasteiger partial charge in [0.05, 0.1) is 16.7 Å². The minimum absolute atomic E-state index is 0.0988. The van der Waals surface area contributed by atoms with Crippen LogP contribution >= 0.6 is 11.3 Å². The van der Waals surface area contributed by atoms with Gasteiger partial charge >= 0.3 is 12.2 Å². The van der Waals surface area contributed by atoms with Crippen molar-refractivity contribution in [3.05, 3.63) is 65.7 Å². The highest BCUT2D eigenvalue weighted by atomic mass is 32.1. The van der Waals surface area contributed by atoms with E-state index in [9.17, 15) is 14.7 Å². The van der Waals surface area contributed by atoms with Crippen molar-refractivity contribution in [3.8, 4) is 10.7 Å². The van der Waals surface area contributed by atoms with Crippen LogP contribution in [0.4, 0.5) is 15.4 Å². The Bertz CT molecular complexity index is 1280. The van der Waals surface area contributed by atoms with Crippen LogP contribution in [-0.2, 0) is 11.3 Å². The molecule has 2 amide bonds. The summed E-state index contributed by atoms with van der Waals surface area (Å²) >= 11 is 1.51. The molecule has 0 aliphatic rings.